The number of rotatable bonds is 1. The summed E-state index contributed by atoms with van der Waals surface area (Å²) in [6.45, 7) is 12.0. The summed E-state index contributed by atoms with van der Waals surface area (Å²) in [5.41, 5.74) is 1.56. The van der Waals surface area contributed by atoms with E-state index in [0.717, 1.165) is 44.9 Å². The number of aliphatic hydroxyl groups is 1. The highest BCUT2D eigenvalue weighted by Crippen LogP contribution is 2.71. The van der Waals surface area contributed by atoms with Crippen molar-refractivity contribution in [2.24, 2.45) is 51.2 Å². The summed E-state index contributed by atoms with van der Waals surface area (Å²) in [4.78, 5) is 12.6. The fourth-order valence-electron chi connectivity index (χ4n) is 10.4. The smallest absolute Gasteiger partial charge is 0.310 e. The van der Waals surface area contributed by atoms with E-state index in [1.165, 1.54) is 24.8 Å². The van der Waals surface area contributed by atoms with Crippen molar-refractivity contribution in [2.45, 2.75) is 105 Å². The first-order chi connectivity index (χ1) is 14.5. The Morgan fingerprint density at radius 2 is 1.65 bits per heavy atom. The van der Waals surface area contributed by atoms with Crippen molar-refractivity contribution < 1.29 is 15.0 Å². The number of allylic oxidation sites excluding steroid dienone is 2. The first-order valence-corrected chi connectivity index (χ1v) is 13.1. The summed E-state index contributed by atoms with van der Waals surface area (Å²) in [5, 5.41) is 21.2. The topological polar surface area (TPSA) is 57.5 Å². The second-order valence-electron chi connectivity index (χ2n) is 13.4. The Hall–Kier alpha value is -0.830. The lowest BCUT2D eigenvalue weighted by Crippen LogP contribution is -2.62. The summed E-state index contributed by atoms with van der Waals surface area (Å²) in [6, 6.07) is 0. The van der Waals surface area contributed by atoms with Crippen LogP contribution in [0.4, 0.5) is 0 Å². The maximum absolute atomic E-state index is 12.6. The van der Waals surface area contributed by atoms with E-state index >= 15 is 0 Å². The average molecular weight is 429 g/mol. The summed E-state index contributed by atoms with van der Waals surface area (Å²) < 4.78 is 0. The molecule has 0 radical (unpaired) electrons. The molecule has 0 bridgehead atoms. The molecule has 174 valence electrons. The normalized spacial score (nSPS) is 53.3. The number of aliphatic hydroxyl groups excluding tert-OH is 1. The van der Waals surface area contributed by atoms with Crippen molar-refractivity contribution in [1.82, 2.24) is 0 Å². The zero-order valence-corrected chi connectivity index (χ0v) is 20.4. The predicted octanol–water partition coefficient (Wildman–Crippen LogP) is 6.45. The van der Waals surface area contributed by atoms with E-state index in [1.807, 2.05) is 0 Å². The highest BCUT2D eigenvalue weighted by molar-refractivity contribution is 5.76. The van der Waals surface area contributed by atoms with Crippen molar-refractivity contribution in [3.63, 3.8) is 0 Å². The van der Waals surface area contributed by atoms with Gasteiger partial charge in [-0.1, -0.05) is 59.1 Å². The van der Waals surface area contributed by atoms with E-state index < -0.39 is 11.4 Å². The molecule has 3 heteroatoms. The monoisotopic (exact) mass is 428 g/mol. The number of fused-ring (bicyclic) bond motifs is 7. The molecule has 4 saturated carbocycles. The van der Waals surface area contributed by atoms with E-state index in [9.17, 15) is 15.0 Å². The predicted molar refractivity (Wildman–Crippen MR) is 123 cm³/mol. The van der Waals surface area contributed by atoms with Crippen LogP contribution in [0.3, 0.4) is 0 Å². The van der Waals surface area contributed by atoms with Crippen LogP contribution >= 0.6 is 0 Å². The van der Waals surface area contributed by atoms with Crippen molar-refractivity contribution >= 4 is 5.97 Å². The van der Waals surface area contributed by atoms with Gasteiger partial charge in [-0.05, 0) is 97.2 Å². The molecule has 9 atom stereocenters. The van der Waals surface area contributed by atoms with Crippen LogP contribution in [-0.2, 0) is 4.79 Å². The molecule has 3 nitrogen and oxygen atoms in total. The van der Waals surface area contributed by atoms with Crippen LogP contribution in [0.2, 0.25) is 0 Å². The number of hydrogen-bond donors (Lipinski definition) is 2. The average Bonchev–Trinajstić information content (AvgIpc) is 2.70. The Labute approximate surface area is 189 Å². The number of carboxylic acid groups (broad SMARTS) is 1. The maximum atomic E-state index is 12.6. The van der Waals surface area contributed by atoms with Gasteiger partial charge >= 0.3 is 5.97 Å². The van der Waals surface area contributed by atoms with Gasteiger partial charge in [-0.3, -0.25) is 4.79 Å². The Bertz CT molecular complexity index is 798. The third-order valence-electron chi connectivity index (χ3n) is 12.0. The summed E-state index contributed by atoms with van der Waals surface area (Å²) >= 11 is 0. The maximum Gasteiger partial charge on any atom is 0.310 e. The van der Waals surface area contributed by atoms with Crippen LogP contribution in [-0.4, -0.2) is 22.3 Å². The molecule has 0 aromatic rings. The van der Waals surface area contributed by atoms with Gasteiger partial charge in [-0.25, -0.2) is 0 Å². The second kappa shape index (κ2) is 6.84. The molecule has 31 heavy (non-hydrogen) atoms. The first-order valence-electron chi connectivity index (χ1n) is 13.1. The molecular formula is C28H44O3. The molecule has 0 aliphatic heterocycles. The fourth-order valence-corrected chi connectivity index (χ4v) is 10.4. The lowest BCUT2D eigenvalue weighted by atomic mass is 9.37. The van der Waals surface area contributed by atoms with Gasteiger partial charge in [-0.15, -0.1) is 0 Å². The molecule has 0 saturated heterocycles. The van der Waals surface area contributed by atoms with Crippen molar-refractivity contribution in [3.8, 4) is 0 Å². The van der Waals surface area contributed by atoms with Crippen LogP contribution < -0.4 is 0 Å². The minimum Gasteiger partial charge on any atom is -0.481 e. The highest BCUT2D eigenvalue weighted by atomic mass is 16.4. The largest absolute Gasteiger partial charge is 0.481 e. The van der Waals surface area contributed by atoms with Crippen LogP contribution in [0.1, 0.15) is 98.8 Å². The van der Waals surface area contributed by atoms with Gasteiger partial charge in [0, 0.05) is 0 Å². The van der Waals surface area contributed by atoms with E-state index in [0.29, 0.717) is 23.7 Å². The van der Waals surface area contributed by atoms with Gasteiger partial charge in [0.05, 0.1) is 11.5 Å². The van der Waals surface area contributed by atoms with E-state index in [-0.39, 0.29) is 28.3 Å². The van der Waals surface area contributed by atoms with Crippen LogP contribution in [0.15, 0.2) is 11.6 Å². The van der Waals surface area contributed by atoms with Crippen LogP contribution in [0, 0.1) is 51.2 Å². The molecule has 8 unspecified atom stereocenters. The first kappa shape index (κ1) is 22.0. The standard InChI is InChI=1S/C28H44O3/c1-17-7-6-13-28(24(30)31)16-10-19-18(23(17)28)8-9-21-26(19,4)14-11-20-25(2,3)22(29)12-15-27(20,21)5/h8,17,19-23,29H,6-7,9-16H2,1-5H3,(H,30,31)/t17?,19?,20?,21?,22?,23-,26?,27?,28?/m0/s1. The number of carboxylic acids is 1. The van der Waals surface area contributed by atoms with Gasteiger partial charge in [0.1, 0.15) is 0 Å². The zero-order valence-electron chi connectivity index (χ0n) is 20.4. The van der Waals surface area contributed by atoms with E-state index in [1.54, 1.807) is 0 Å². The number of aliphatic carboxylic acids is 1. The number of hydrogen-bond acceptors (Lipinski definition) is 2. The van der Waals surface area contributed by atoms with E-state index in [4.69, 9.17) is 0 Å². The number of carbonyl (C=O) groups is 1. The molecule has 0 amide bonds. The second-order valence-corrected chi connectivity index (χ2v) is 13.4. The molecule has 2 N–H and O–H groups in total. The molecule has 5 aliphatic rings. The summed E-state index contributed by atoms with van der Waals surface area (Å²) in [6.07, 6.45) is 13.0. The minimum absolute atomic E-state index is 0.0127. The fraction of sp³-hybridized carbons (Fsp3) is 0.893. The van der Waals surface area contributed by atoms with Gasteiger partial charge in [0.25, 0.3) is 0 Å². The zero-order chi connectivity index (χ0) is 22.4. The highest BCUT2D eigenvalue weighted by Gasteiger charge is 2.65. The Balaban J connectivity index is 1.56. The lowest BCUT2D eigenvalue weighted by Gasteiger charge is -2.68. The van der Waals surface area contributed by atoms with Gasteiger partial charge in [0.2, 0.25) is 0 Å². The molecule has 0 aromatic heterocycles. The summed E-state index contributed by atoms with van der Waals surface area (Å²) in [7, 11) is 0. The van der Waals surface area contributed by atoms with Gasteiger partial charge in [0.15, 0.2) is 0 Å². The Morgan fingerprint density at radius 1 is 0.935 bits per heavy atom. The molecule has 5 aliphatic carbocycles. The molecule has 0 heterocycles. The van der Waals surface area contributed by atoms with Crippen molar-refractivity contribution in [1.29, 1.82) is 0 Å². The summed E-state index contributed by atoms with van der Waals surface area (Å²) in [5.74, 6) is 1.97. The SMILES string of the molecule is CC1CCCC2(C(=O)O)CCC3C(=CCC4C3(C)CCC3C(C)(C)C(O)CCC34C)[C@H]12. The third-order valence-corrected chi connectivity index (χ3v) is 12.0. The lowest BCUT2D eigenvalue weighted by molar-refractivity contribution is -0.188. The molecular weight excluding hydrogens is 384 g/mol. The third kappa shape index (κ3) is 2.71. The molecule has 0 spiro atoms. The van der Waals surface area contributed by atoms with Crippen LogP contribution in [0.5, 0.6) is 0 Å². The quantitative estimate of drug-likeness (QED) is 0.472. The molecule has 0 aromatic carbocycles. The van der Waals surface area contributed by atoms with Crippen LogP contribution in [0.25, 0.3) is 0 Å². The van der Waals surface area contributed by atoms with E-state index in [2.05, 4.69) is 40.7 Å². The van der Waals surface area contributed by atoms with Crippen molar-refractivity contribution in [3.05, 3.63) is 11.6 Å². The van der Waals surface area contributed by atoms with Crippen molar-refractivity contribution in [2.75, 3.05) is 0 Å². The molecule has 5 rings (SSSR count). The Kier molecular flexibility index (Phi) is 4.85. The molecule has 4 fully saturated rings. The minimum atomic E-state index is -0.533. The Morgan fingerprint density at radius 3 is 2.35 bits per heavy atom. The van der Waals surface area contributed by atoms with Gasteiger partial charge in [-0.2, -0.15) is 0 Å². The van der Waals surface area contributed by atoms with Gasteiger partial charge < -0.3 is 10.2 Å².